The molecule has 1 aliphatic rings. The van der Waals surface area contributed by atoms with E-state index >= 15 is 0 Å². The van der Waals surface area contributed by atoms with Crippen molar-refractivity contribution >= 4 is 29.1 Å². The molecule has 0 aromatic heterocycles. The number of thioether (sulfide) groups is 1. The Morgan fingerprint density at radius 3 is 2.64 bits per heavy atom. The van der Waals surface area contributed by atoms with Crippen molar-refractivity contribution in [3.8, 4) is 0 Å². The molecule has 0 amide bonds. The Morgan fingerprint density at radius 2 is 1.96 bits per heavy atom. The van der Waals surface area contributed by atoms with E-state index in [0.29, 0.717) is 10.6 Å². The summed E-state index contributed by atoms with van der Waals surface area (Å²) < 4.78 is 52.2. The molecule has 0 radical (unpaired) electrons. The first-order valence-corrected chi connectivity index (χ1v) is 8.06. The van der Waals surface area contributed by atoms with Crippen LogP contribution in [0.5, 0.6) is 0 Å². The van der Waals surface area contributed by atoms with Crippen LogP contribution in [0.3, 0.4) is 0 Å². The number of fused-ring (bicyclic) bond motifs is 1. The molecule has 0 unspecified atom stereocenters. The predicted octanol–water partition coefficient (Wildman–Crippen LogP) is 4.91. The minimum atomic E-state index is -4.51. The molecule has 0 spiro atoms. The van der Waals surface area contributed by atoms with Crippen LogP contribution >= 0.6 is 11.8 Å². The summed E-state index contributed by atoms with van der Waals surface area (Å²) in [6.07, 6.45) is -4.58. The van der Waals surface area contributed by atoms with E-state index in [4.69, 9.17) is 0 Å². The predicted molar refractivity (Wildman–Crippen MR) is 85.9 cm³/mol. The van der Waals surface area contributed by atoms with Crippen LogP contribution in [0.1, 0.15) is 17.5 Å². The van der Waals surface area contributed by atoms with Crippen LogP contribution in [-0.4, -0.2) is 22.0 Å². The van der Waals surface area contributed by atoms with E-state index in [2.05, 4.69) is 4.99 Å². The summed E-state index contributed by atoms with van der Waals surface area (Å²) in [5.41, 5.74) is -0.0893. The summed E-state index contributed by atoms with van der Waals surface area (Å²) in [7, 11) is 0. The van der Waals surface area contributed by atoms with Crippen LogP contribution in [0.15, 0.2) is 52.4 Å². The maximum Gasteiger partial charge on any atom is 0.416 e. The highest BCUT2D eigenvalue weighted by atomic mass is 32.2. The number of carbonyl (C=O) groups is 1. The van der Waals surface area contributed by atoms with Gasteiger partial charge in [-0.05, 0) is 35.9 Å². The number of carboxylic acid groups (broad SMARTS) is 1. The number of benzene rings is 2. The van der Waals surface area contributed by atoms with Gasteiger partial charge < -0.3 is 5.11 Å². The van der Waals surface area contributed by atoms with Gasteiger partial charge in [-0.1, -0.05) is 12.1 Å². The molecule has 2 aromatic rings. The number of carboxylic acids is 1. The lowest BCUT2D eigenvalue weighted by molar-refractivity contribution is -0.138. The molecule has 3 rings (SSSR count). The zero-order valence-electron chi connectivity index (χ0n) is 12.5. The van der Waals surface area contributed by atoms with Gasteiger partial charge in [0.1, 0.15) is 11.1 Å². The summed E-state index contributed by atoms with van der Waals surface area (Å²) in [6, 6.07) is 8.31. The summed E-state index contributed by atoms with van der Waals surface area (Å²) in [5.74, 6) is -1.67. The zero-order chi connectivity index (χ0) is 18.2. The second-order valence-electron chi connectivity index (χ2n) is 5.40. The van der Waals surface area contributed by atoms with Gasteiger partial charge in [-0.15, -0.1) is 11.8 Å². The minimum Gasteiger partial charge on any atom is -0.480 e. The highest BCUT2D eigenvalue weighted by molar-refractivity contribution is 8.00. The third kappa shape index (κ3) is 3.84. The van der Waals surface area contributed by atoms with Crippen molar-refractivity contribution in [3.63, 3.8) is 0 Å². The summed E-state index contributed by atoms with van der Waals surface area (Å²) in [6.45, 7) is 0. The van der Waals surface area contributed by atoms with Gasteiger partial charge in [0.15, 0.2) is 0 Å². The highest BCUT2D eigenvalue weighted by Crippen LogP contribution is 2.39. The zero-order valence-corrected chi connectivity index (χ0v) is 13.4. The molecule has 0 aliphatic carbocycles. The average molecular weight is 369 g/mol. The first-order chi connectivity index (χ1) is 11.7. The Kier molecular flexibility index (Phi) is 4.55. The van der Waals surface area contributed by atoms with Crippen LogP contribution in [0.4, 0.5) is 23.2 Å². The van der Waals surface area contributed by atoms with Gasteiger partial charge in [-0.3, -0.25) is 9.79 Å². The number of hydrogen-bond donors (Lipinski definition) is 1. The fourth-order valence-electron chi connectivity index (χ4n) is 2.43. The molecule has 8 heteroatoms. The highest BCUT2D eigenvalue weighted by Gasteiger charge is 2.32. The largest absolute Gasteiger partial charge is 0.480 e. The second kappa shape index (κ2) is 6.51. The molecule has 0 saturated heterocycles. The maximum absolute atomic E-state index is 13.4. The minimum absolute atomic E-state index is 0.0718. The number of aliphatic carboxylic acids is 1. The first-order valence-electron chi connectivity index (χ1n) is 7.18. The standard InChI is InChI=1S/C17H11F4NO2S/c18-11-4-5-12-14(7-11)25-15(16(23)24)8-13(22-12)9-2-1-3-10(6-9)17(19,20)21/h1-7,15H,8H2,(H,23,24)/t15-/m1/s1. The molecular formula is C17H11F4NO2S. The van der Waals surface area contributed by atoms with Gasteiger partial charge >= 0.3 is 12.1 Å². The fraction of sp³-hybridized carbons (Fsp3) is 0.176. The smallest absolute Gasteiger partial charge is 0.416 e. The van der Waals surface area contributed by atoms with Crippen molar-refractivity contribution in [3.05, 3.63) is 59.4 Å². The second-order valence-corrected chi connectivity index (χ2v) is 6.64. The van der Waals surface area contributed by atoms with Gasteiger partial charge in [0, 0.05) is 11.3 Å². The molecule has 1 heterocycles. The molecular weight excluding hydrogens is 358 g/mol. The van der Waals surface area contributed by atoms with E-state index in [1.807, 2.05) is 0 Å². The average Bonchev–Trinajstić information content (AvgIpc) is 2.73. The van der Waals surface area contributed by atoms with Gasteiger partial charge in [0.05, 0.1) is 17.0 Å². The van der Waals surface area contributed by atoms with Crippen molar-refractivity contribution in [1.82, 2.24) is 0 Å². The van der Waals surface area contributed by atoms with Crippen molar-refractivity contribution < 1.29 is 27.5 Å². The van der Waals surface area contributed by atoms with Crippen molar-refractivity contribution in [1.29, 1.82) is 0 Å². The lowest BCUT2D eigenvalue weighted by atomic mass is 10.0. The lowest BCUT2D eigenvalue weighted by Crippen LogP contribution is -2.20. The number of halogens is 4. The van der Waals surface area contributed by atoms with Gasteiger partial charge in [0.25, 0.3) is 0 Å². The van der Waals surface area contributed by atoms with Crippen LogP contribution < -0.4 is 0 Å². The molecule has 0 fully saturated rings. The van der Waals surface area contributed by atoms with E-state index in [-0.39, 0.29) is 17.7 Å². The number of hydrogen-bond acceptors (Lipinski definition) is 3. The summed E-state index contributed by atoms with van der Waals surface area (Å²) in [4.78, 5) is 16.1. The summed E-state index contributed by atoms with van der Waals surface area (Å²) in [5, 5.41) is 8.38. The Balaban J connectivity index is 2.10. The molecule has 3 nitrogen and oxygen atoms in total. The van der Waals surface area contributed by atoms with E-state index in [9.17, 15) is 27.5 Å². The fourth-order valence-corrected chi connectivity index (χ4v) is 3.50. The van der Waals surface area contributed by atoms with Crippen LogP contribution in [0, 0.1) is 5.82 Å². The van der Waals surface area contributed by atoms with Crippen LogP contribution in [0.2, 0.25) is 0 Å². The SMILES string of the molecule is O=C(O)[C@H]1CC(c2cccc(C(F)(F)F)c2)=Nc2ccc(F)cc2S1. The molecule has 2 aromatic carbocycles. The monoisotopic (exact) mass is 369 g/mol. The van der Waals surface area contributed by atoms with Gasteiger partial charge in [-0.2, -0.15) is 13.2 Å². The normalized spacial score (nSPS) is 17.4. The first kappa shape index (κ1) is 17.5. The Bertz CT molecular complexity index is 864. The maximum atomic E-state index is 13.4. The molecule has 1 aliphatic heterocycles. The van der Waals surface area contributed by atoms with E-state index in [1.54, 1.807) is 0 Å². The molecule has 1 N–H and O–H groups in total. The molecule has 130 valence electrons. The number of alkyl halides is 3. The molecule has 25 heavy (non-hydrogen) atoms. The van der Waals surface area contributed by atoms with Crippen molar-refractivity contribution in [2.24, 2.45) is 4.99 Å². The number of nitrogens with zero attached hydrogens (tertiary/aromatic N) is 1. The number of aliphatic imine (C=N–C) groups is 1. The Labute approximate surface area is 144 Å². The molecule has 0 saturated carbocycles. The Morgan fingerprint density at radius 1 is 1.20 bits per heavy atom. The molecule has 1 atom stereocenters. The van der Waals surface area contributed by atoms with E-state index in [0.717, 1.165) is 23.9 Å². The quantitative estimate of drug-likeness (QED) is 0.765. The lowest BCUT2D eigenvalue weighted by Gasteiger charge is -2.12. The third-order valence-corrected chi connectivity index (χ3v) is 4.86. The van der Waals surface area contributed by atoms with Crippen molar-refractivity contribution in [2.45, 2.75) is 22.7 Å². The van der Waals surface area contributed by atoms with Crippen LogP contribution in [-0.2, 0) is 11.0 Å². The van der Waals surface area contributed by atoms with Crippen LogP contribution in [0.25, 0.3) is 0 Å². The van der Waals surface area contributed by atoms with E-state index in [1.165, 1.54) is 30.3 Å². The molecule has 0 bridgehead atoms. The number of rotatable bonds is 2. The topological polar surface area (TPSA) is 49.7 Å². The Hall–Kier alpha value is -2.35. The third-order valence-electron chi connectivity index (χ3n) is 3.62. The summed E-state index contributed by atoms with van der Waals surface area (Å²) >= 11 is 0.932. The van der Waals surface area contributed by atoms with Gasteiger partial charge in [0.2, 0.25) is 0 Å². The van der Waals surface area contributed by atoms with E-state index < -0.39 is 28.8 Å². The van der Waals surface area contributed by atoms with Gasteiger partial charge in [-0.25, -0.2) is 4.39 Å². The van der Waals surface area contributed by atoms with Crippen molar-refractivity contribution in [2.75, 3.05) is 0 Å².